The van der Waals surface area contributed by atoms with Crippen molar-refractivity contribution < 1.29 is 19.4 Å². The molecule has 0 aromatic heterocycles. The zero-order valence-electron chi connectivity index (χ0n) is 7.02. The third kappa shape index (κ3) is 4.38. The van der Waals surface area contributed by atoms with Crippen molar-refractivity contribution >= 4 is 11.8 Å². The van der Waals surface area contributed by atoms with Gasteiger partial charge in [-0.25, -0.2) is 9.78 Å². The van der Waals surface area contributed by atoms with Crippen molar-refractivity contribution in [1.29, 1.82) is 0 Å². The van der Waals surface area contributed by atoms with Gasteiger partial charge in [0.15, 0.2) is 0 Å². The van der Waals surface area contributed by atoms with Crippen LogP contribution in [0.2, 0.25) is 0 Å². The lowest BCUT2D eigenvalue weighted by Gasteiger charge is -2.12. The molecule has 0 aliphatic carbocycles. The van der Waals surface area contributed by atoms with Crippen LogP contribution in [0.4, 0.5) is 0 Å². The predicted octanol–water partition coefficient (Wildman–Crippen LogP) is -3.26. The van der Waals surface area contributed by atoms with E-state index in [1.807, 2.05) is 0 Å². The molecule has 2 amide bonds. The molecule has 0 bridgehead atoms. The number of likely N-dealkylation sites (N-methyl/N-ethyl adjacent to an activating group) is 1. The average molecular weight is 192 g/mol. The molecule has 0 aliphatic rings. The van der Waals surface area contributed by atoms with Crippen LogP contribution in [0.1, 0.15) is 0 Å². The molecule has 0 spiro atoms. The Kier molecular flexibility index (Phi) is 4.92. The van der Waals surface area contributed by atoms with Crippen LogP contribution in [-0.4, -0.2) is 31.3 Å². The van der Waals surface area contributed by atoms with Gasteiger partial charge in [0, 0.05) is 7.05 Å². The first-order valence-corrected chi connectivity index (χ1v) is 3.33. The minimum absolute atomic E-state index is 0.614. The molecule has 2 unspecified atom stereocenters. The van der Waals surface area contributed by atoms with Gasteiger partial charge in [-0.15, -0.1) is 0 Å². The molecule has 0 aromatic rings. The Morgan fingerprint density at radius 2 is 1.69 bits per heavy atom. The Hall–Kier alpha value is -1.22. The van der Waals surface area contributed by atoms with Gasteiger partial charge in [-0.1, -0.05) is 0 Å². The maximum absolute atomic E-state index is 10.7. The van der Waals surface area contributed by atoms with E-state index in [2.05, 4.69) is 15.1 Å². The summed E-state index contributed by atoms with van der Waals surface area (Å²) in [4.78, 5) is 29.5. The molecule has 0 rings (SSSR count). The predicted molar refractivity (Wildman–Crippen MR) is 41.4 cm³/mol. The Labute approximate surface area is 74.2 Å². The van der Waals surface area contributed by atoms with E-state index in [1.165, 1.54) is 7.05 Å². The average Bonchev–Trinajstić information content (AvgIpc) is 2.11. The van der Waals surface area contributed by atoms with Crippen LogP contribution in [0.25, 0.3) is 0 Å². The fourth-order valence-corrected chi connectivity index (χ4v) is 0.353. The second kappa shape index (κ2) is 5.43. The van der Waals surface area contributed by atoms with E-state index in [-0.39, 0.29) is 0 Å². The van der Waals surface area contributed by atoms with E-state index < -0.39 is 24.3 Å². The topological polar surface area (TPSA) is 143 Å². The fraction of sp³-hybridized carbons (Fsp3) is 0.600. The highest BCUT2D eigenvalue weighted by Crippen LogP contribution is 1.88. The van der Waals surface area contributed by atoms with Crippen molar-refractivity contribution in [3.05, 3.63) is 0 Å². The van der Waals surface area contributed by atoms with Crippen LogP contribution in [0.3, 0.4) is 0 Å². The molecule has 0 saturated carbocycles. The summed E-state index contributed by atoms with van der Waals surface area (Å²) in [6, 6.07) is 0. The highest BCUT2D eigenvalue weighted by Gasteiger charge is 2.17. The first-order valence-electron chi connectivity index (χ1n) is 3.33. The van der Waals surface area contributed by atoms with Gasteiger partial charge in [0.1, 0.15) is 0 Å². The standard InChI is InChI=1S/C5H12N4O4/c1-9-5(11)4(8)13-12-3(7)2(6)10/h3-4H,7-8H2,1H3,(H2,6,10)(H,9,11). The molecular weight excluding hydrogens is 180 g/mol. The quantitative estimate of drug-likeness (QED) is 0.204. The maximum Gasteiger partial charge on any atom is 0.267 e. The molecule has 0 aromatic carbocycles. The number of carbonyl (C=O) groups is 2. The number of primary amides is 1. The van der Waals surface area contributed by atoms with E-state index >= 15 is 0 Å². The minimum atomic E-state index is -1.45. The second-order valence-electron chi connectivity index (χ2n) is 2.05. The van der Waals surface area contributed by atoms with Crippen LogP contribution in [0.5, 0.6) is 0 Å². The third-order valence-electron chi connectivity index (χ3n) is 1.05. The minimum Gasteiger partial charge on any atom is -0.366 e. The summed E-state index contributed by atoms with van der Waals surface area (Å²) >= 11 is 0. The van der Waals surface area contributed by atoms with Gasteiger partial charge >= 0.3 is 0 Å². The summed E-state index contributed by atoms with van der Waals surface area (Å²) in [5.41, 5.74) is 14.8. The van der Waals surface area contributed by atoms with E-state index in [4.69, 9.17) is 17.2 Å². The number of hydrogen-bond donors (Lipinski definition) is 4. The largest absolute Gasteiger partial charge is 0.366 e. The van der Waals surface area contributed by atoms with Gasteiger partial charge < -0.3 is 11.1 Å². The maximum atomic E-state index is 10.7. The summed E-state index contributed by atoms with van der Waals surface area (Å²) in [6.07, 6.45) is -2.80. The molecule has 7 N–H and O–H groups in total. The van der Waals surface area contributed by atoms with Gasteiger partial charge in [0.25, 0.3) is 11.8 Å². The van der Waals surface area contributed by atoms with Crippen LogP contribution >= 0.6 is 0 Å². The fourth-order valence-electron chi connectivity index (χ4n) is 0.353. The number of hydrogen-bond acceptors (Lipinski definition) is 6. The van der Waals surface area contributed by atoms with Crippen molar-refractivity contribution in [3.63, 3.8) is 0 Å². The van der Waals surface area contributed by atoms with Crippen LogP contribution in [-0.2, 0) is 19.4 Å². The second-order valence-corrected chi connectivity index (χ2v) is 2.05. The molecule has 0 radical (unpaired) electrons. The monoisotopic (exact) mass is 192 g/mol. The summed E-state index contributed by atoms with van der Waals surface area (Å²) < 4.78 is 0. The lowest BCUT2D eigenvalue weighted by atomic mass is 10.5. The molecule has 0 heterocycles. The van der Waals surface area contributed by atoms with Gasteiger partial charge in [-0.05, 0) is 0 Å². The number of nitrogens with two attached hydrogens (primary N) is 3. The molecule has 0 saturated heterocycles. The van der Waals surface area contributed by atoms with Crippen molar-refractivity contribution in [2.75, 3.05) is 7.05 Å². The van der Waals surface area contributed by atoms with E-state index in [1.54, 1.807) is 0 Å². The van der Waals surface area contributed by atoms with Crippen molar-refractivity contribution in [1.82, 2.24) is 5.32 Å². The molecule has 8 nitrogen and oxygen atoms in total. The van der Waals surface area contributed by atoms with Gasteiger partial charge in [0.05, 0.1) is 0 Å². The van der Waals surface area contributed by atoms with Crippen molar-refractivity contribution in [2.24, 2.45) is 17.2 Å². The van der Waals surface area contributed by atoms with Crippen molar-refractivity contribution in [2.45, 2.75) is 12.5 Å². The van der Waals surface area contributed by atoms with Gasteiger partial charge in [-0.3, -0.25) is 21.1 Å². The summed E-state index contributed by atoms with van der Waals surface area (Å²) in [5, 5.41) is 2.19. The Balaban J connectivity index is 3.76. The highest BCUT2D eigenvalue weighted by molar-refractivity contribution is 5.79. The van der Waals surface area contributed by atoms with E-state index in [9.17, 15) is 9.59 Å². The molecule has 0 aliphatic heterocycles. The number of carbonyl (C=O) groups excluding carboxylic acids is 2. The van der Waals surface area contributed by atoms with Crippen LogP contribution < -0.4 is 22.5 Å². The smallest absolute Gasteiger partial charge is 0.267 e. The Morgan fingerprint density at radius 1 is 1.23 bits per heavy atom. The zero-order valence-corrected chi connectivity index (χ0v) is 7.02. The van der Waals surface area contributed by atoms with Gasteiger partial charge in [0.2, 0.25) is 12.5 Å². The van der Waals surface area contributed by atoms with Gasteiger partial charge in [-0.2, -0.15) is 0 Å². The molecular formula is C5H12N4O4. The normalized spacial score (nSPS) is 14.7. The lowest BCUT2D eigenvalue weighted by Crippen LogP contribution is -2.45. The summed E-state index contributed by atoms with van der Waals surface area (Å²) in [5.74, 6) is -1.54. The van der Waals surface area contributed by atoms with E-state index in [0.29, 0.717) is 0 Å². The van der Waals surface area contributed by atoms with Crippen molar-refractivity contribution in [3.8, 4) is 0 Å². The number of amides is 2. The molecule has 76 valence electrons. The third-order valence-corrected chi connectivity index (χ3v) is 1.05. The summed E-state index contributed by atoms with van der Waals surface area (Å²) in [6.45, 7) is 0. The SMILES string of the molecule is CNC(=O)C(N)OOC(N)C(N)=O. The molecule has 2 atom stereocenters. The van der Waals surface area contributed by atoms with Crippen LogP contribution in [0.15, 0.2) is 0 Å². The first-order chi connectivity index (χ1) is 5.99. The Morgan fingerprint density at radius 3 is 2.08 bits per heavy atom. The molecule has 13 heavy (non-hydrogen) atoms. The number of nitrogens with one attached hydrogen (secondary N) is 1. The van der Waals surface area contributed by atoms with E-state index in [0.717, 1.165) is 0 Å². The van der Waals surface area contributed by atoms with Crippen LogP contribution in [0, 0.1) is 0 Å². The first kappa shape index (κ1) is 11.8. The Bertz CT molecular complexity index is 197. The molecule has 0 fully saturated rings. The lowest BCUT2D eigenvalue weighted by molar-refractivity contribution is -0.333. The molecule has 8 heteroatoms. The summed E-state index contributed by atoms with van der Waals surface area (Å²) in [7, 11) is 1.36. The zero-order chi connectivity index (χ0) is 10.4. The number of rotatable bonds is 5. The highest BCUT2D eigenvalue weighted by atomic mass is 17.2.